The number of rotatable bonds is 7. The number of nitrogens with one attached hydrogen (secondary N) is 1. The molecule has 0 atom stereocenters. The Balaban J connectivity index is 1.57. The lowest BCUT2D eigenvalue weighted by Crippen LogP contribution is -2.29. The van der Waals surface area contributed by atoms with Gasteiger partial charge in [0, 0.05) is 13.0 Å². The van der Waals surface area contributed by atoms with Crippen molar-refractivity contribution in [2.24, 2.45) is 22.2 Å². The van der Waals surface area contributed by atoms with Crippen LogP contribution < -0.4 is 11.1 Å². The number of hydrogen-bond donors (Lipinski definition) is 3. The fourth-order valence-electron chi connectivity index (χ4n) is 3.15. The minimum Gasteiger partial charge on any atom is -0.409 e. The molecule has 2 aliphatic rings. The molecule has 0 aromatic rings. The summed E-state index contributed by atoms with van der Waals surface area (Å²) < 4.78 is 0. The molecule has 4 heteroatoms. The third-order valence-corrected chi connectivity index (χ3v) is 4.60. The van der Waals surface area contributed by atoms with Crippen molar-refractivity contribution in [3.8, 4) is 0 Å². The number of nitrogens with two attached hydrogens (primary N) is 1. The van der Waals surface area contributed by atoms with E-state index < -0.39 is 0 Å². The first kappa shape index (κ1) is 13.7. The standard InChI is InChI=1S/C14H27N3O/c15-13(17-18)10-14(7-8-14)11-16-9-6-12-4-2-1-3-5-12/h12,16,18H,1-11H2,(H2,15,17). The highest BCUT2D eigenvalue weighted by Gasteiger charge is 2.42. The molecule has 0 bridgehead atoms. The average Bonchev–Trinajstić information content (AvgIpc) is 3.16. The van der Waals surface area contributed by atoms with Gasteiger partial charge in [0.2, 0.25) is 0 Å². The molecular formula is C14H27N3O. The van der Waals surface area contributed by atoms with Gasteiger partial charge < -0.3 is 16.3 Å². The van der Waals surface area contributed by atoms with Crippen molar-refractivity contribution in [3.63, 3.8) is 0 Å². The molecule has 0 spiro atoms. The van der Waals surface area contributed by atoms with Crippen LogP contribution in [0, 0.1) is 11.3 Å². The molecule has 0 radical (unpaired) electrons. The van der Waals surface area contributed by atoms with Crippen molar-refractivity contribution in [3.05, 3.63) is 0 Å². The Morgan fingerprint density at radius 2 is 2.00 bits per heavy atom. The van der Waals surface area contributed by atoms with Gasteiger partial charge in [0.05, 0.1) is 0 Å². The van der Waals surface area contributed by atoms with Gasteiger partial charge >= 0.3 is 0 Å². The van der Waals surface area contributed by atoms with E-state index in [-0.39, 0.29) is 0 Å². The van der Waals surface area contributed by atoms with Gasteiger partial charge in [0.1, 0.15) is 5.84 Å². The molecule has 0 unspecified atom stereocenters. The van der Waals surface area contributed by atoms with Crippen molar-refractivity contribution < 1.29 is 5.21 Å². The van der Waals surface area contributed by atoms with Crippen LogP contribution in [0.3, 0.4) is 0 Å². The van der Waals surface area contributed by atoms with Gasteiger partial charge in [-0.1, -0.05) is 37.3 Å². The molecule has 2 fully saturated rings. The van der Waals surface area contributed by atoms with E-state index in [4.69, 9.17) is 10.9 Å². The Morgan fingerprint density at radius 1 is 1.28 bits per heavy atom. The zero-order valence-corrected chi connectivity index (χ0v) is 11.3. The van der Waals surface area contributed by atoms with Crippen molar-refractivity contribution in [2.75, 3.05) is 13.1 Å². The van der Waals surface area contributed by atoms with Crippen LogP contribution in [0.4, 0.5) is 0 Å². The predicted octanol–water partition coefficient (Wildman–Crippen LogP) is 2.46. The quantitative estimate of drug-likeness (QED) is 0.215. The number of amidine groups is 1. The Hall–Kier alpha value is -0.770. The summed E-state index contributed by atoms with van der Waals surface area (Å²) in [5, 5.41) is 15.3. The summed E-state index contributed by atoms with van der Waals surface area (Å²) in [6, 6.07) is 0. The number of nitrogens with zero attached hydrogens (tertiary/aromatic N) is 1. The third kappa shape index (κ3) is 4.16. The zero-order valence-electron chi connectivity index (χ0n) is 11.3. The first-order chi connectivity index (χ1) is 8.74. The van der Waals surface area contributed by atoms with Crippen molar-refractivity contribution in [1.82, 2.24) is 5.32 Å². The molecule has 4 nitrogen and oxygen atoms in total. The number of oxime groups is 1. The third-order valence-electron chi connectivity index (χ3n) is 4.60. The Kier molecular flexibility index (Phi) is 4.87. The summed E-state index contributed by atoms with van der Waals surface area (Å²) in [6.45, 7) is 2.15. The summed E-state index contributed by atoms with van der Waals surface area (Å²) >= 11 is 0. The molecule has 0 heterocycles. The molecule has 0 aliphatic heterocycles. The first-order valence-corrected chi connectivity index (χ1v) is 7.41. The van der Waals surface area contributed by atoms with Crippen LogP contribution in [-0.4, -0.2) is 24.1 Å². The second-order valence-electron chi connectivity index (χ2n) is 6.24. The van der Waals surface area contributed by atoms with E-state index >= 15 is 0 Å². The molecule has 0 aromatic carbocycles. The summed E-state index contributed by atoms with van der Waals surface area (Å²) in [7, 11) is 0. The first-order valence-electron chi connectivity index (χ1n) is 7.41. The van der Waals surface area contributed by atoms with Crippen molar-refractivity contribution in [1.29, 1.82) is 0 Å². The van der Waals surface area contributed by atoms with Crippen molar-refractivity contribution >= 4 is 5.84 Å². The topological polar surface area (TPSA) is 70.6 Å². The molecular weight excluding hydrogens is 226 g/mol. The fourth-order valence-corrected chi connectivity index (χ4v) is 3.15. The van der Waals surface area contributed by atoms with Gasteiger partial charge in [-0.2, -0.15) is 0 Å². The average molecular weight is 253 g/mol. The molecule has 104 valence electrons. The fraction of sp³-hybridized carbons (Fsp3) is 0.929. The molecule has 2 saturated carbocycles. The van der Waals surface area contributed by atoms with Gasteiger partial charge in [-0.15, -0.1) is 0 Å². The van der Waals surface area contributed by atoms with Crippen LogP contribution in [-0.2, 0) is 0 Å². The lowest BCUT2D eigenvalue weighted by atomic mass is 9.87. The van der Waals surface area contributed by atoms with E-state index in [1.54, 1.807) is 0 Å². The van der Waals surface area contributed by atoms with Crippen molar-refractivity contribution in [2.45, 2.75) is 57.8 Å². The normalized spacial score (nSPS) is 24.1. The SMILES string of the molecule is NC(CC1(CNCCC2CCCCC2)CC1)=NO. The highest BCUT2D eigenvalue weighted by molar-refractivity contribution is 5.80. The Morgan fingerprint density at radius 3 is 2.61 bits per heavy atom. The van der Waals surface area contributed by atoms with Crippen LogP contribution >= 0.6 is 0 Å². The summed E-state index contributed by atoms with van der Waals surface area (Å²) in [5.74, 6) is 1.33. The Bertz CT molecular complexity index is 281. The van der Waals surface area contributed by atoms with E-state index in [2.05, 4.69) is 10.5 Å². The van der Waals surface area contributed by atoms with E-state index in [9.17, 15) is 0 Å². The maximum atomic E-state index is 8.61. The summed E-state index contributed by atoms with van der Waals surface area (Å²) in [6.07, 6.45) is 11.6. The number of hydrogen-bond acceptors (Lipinski definition) is 3. The zero-order chi connectivity index (χ0) is 12.8. The van der Waals surface area contributed by atoms with Crippen LogP contribution in [0.1, 0.15) is 57.8 Å². The second kappa shape index (κ2) is 6.41. The molecule has 0 amide bonds. The van der Waals surface area contributed by atoms with E-state index in [1.807, 2.05) is 0 Å². The van der Waals surface area contributed by atoms with Crippen LogP contribution in [0.15, 0.2) is 5.16 Å². The lowest BCUT2D eigenvalue weighted by molar-refractivity contribution is 0.312. The minimum absolute atomic E-state index is 0.295. The maximum absolute atomic E-state index is 8.61. The summed E-state index contributed by atoms with van der Waals surface area (Å²) in [5.41, 5.74) is 5.89. The largest absolute Gasteiger partial charge is 0.409 e. The monoisotopic (exact) mass is 253 g/mol. The predicted molar refractivity (Wildman–Crippen MR) is 73.8 cm³/mol. The molecule has 2 rings (SSSR count). The van der Waals surface area contributed by atoms with E-state index in [0.717, 1.165) is 25.4 Å². The van der Waals surface area contributed by atoms with E-state index in [1.165, 1.54) is 51.4 Å². The van der Waals surface area contributed by atoms with Gasteiger partial charge in [-0.05, 0) is 37.1 Å². The maximum Gasteiger partial charge on any atom is 0.139 e. The highest BCUT2D eigenvalue weighted by Crippen LogP contribution is 2.48. The molecule has 18 heavy (non-hydrogen) atoms. The minimum atomic E-state index is 0.295. The van der Waals surface area contributed by atoms with Crippen LogP contribution in [0.2, 0.25) is 0 Å². The molecule has 4 N–H and O–H groups in total. The second-order valence-corrected chi connectivity index (χ2v) is 6.24. The molecule has 2 aliphatic carbocycles. The van der Waals surface area contributed by atoms with Gasteiger partial charge in [0.25, 0.3) is 0 Å². The molecule has 0 aromatic heterocycles. The lowest BCUT2D eigenvalue weighted by Gasteiger charge is -2.22. The van der Waals surface area contributed by atoms with Gasteiger partial charge in [0.15, 0.2) is 0 Å². The van der Waals surface area contributed by atoms with Crippen LogP contribution in [0.25, 0.3) is 0 Å². The smallest absolute Gasteiger partial charge is 0.139 e. The summed E-state index contributed by atoms with van der Waals surface area (Å²) in [4.78, 5) is 0. The highest BCUT2D eigenvalue weighted by atomic mass is 16.4. The van der Waals surface area contributed by atoms with Crippen LogP contribution in [0.5, 0.6) is 0 Å². The van der Waals surface area contributed by atoms with Gasteiger partial charge in [-0.25, -0.2) is 0 Å². The van der Waals surface area contributed by atoms with Gasteiger partial charge in [-0.3, -0.25) is 0 Å². The van der Waals surface area contributed by atoms with E-state index in [0.29, 0.717) is 11.3 Å². The molecule has 0 saturated heterocycles. The Labute approximate surface area is 110 Å².